The zero-order valence-corrected chi connectivity index (χ0v) is 18.0. The summed E-state index contributed by atoms with van der Waals surface area (Å²) >= 11 is 0. The number of rotatable bonds is 6. The van der Waals surface area contributed by atoms with E-state index in [0.717, 1.165) is 21.6 Å². The molecule has 5 rings (SSSR count). The van der Waals surface area contributed by atoms with Crippen molar-refractivity contribution in [2.45, 2.75) is 18.9 Å². The van der Waals surface area contributed by atoms with Crippen molar-refractivity contribution in [3.05, 3.63) is 83.9 Å². The fourth-order valence-electron chi connectivity index (χ4n) is 4.18. The fraction of sp³-hybridized carbons (Fsp3) is 0.192. The Hall–Kier alpha value is -4.13. The van der Waals surface area contributed by atoms with Gasteiger partial charge in [-0.2, -0.15) is 0 Å². The Morgan fingerprint density at radius 3 is 2.39 bits per heavy atom. The summed E-state index contributed by atoms with van der Waals surface area (Å²) in [6, 6.07) is 21.8. The molecular weight excluding hydrogens is 420 g/mol. The Bertz CT molecular complexity index is 1240. The van der Waals surface area contributed by atoms with E-state index in [9.17, 15) is 14.4 Å². The smallest absolute Gasteiger partial charge is 0.325 e. The largest absolute Gasteiger partial charge is 0.454 e. The third-order valence-electron chi connectivity index (χ3n) is 5.96. The number of fused-ring (bicyclic) bond motifs is 1. The standard InChI is InChI=1S/C26H22N2O5/c1-26(14-17-7-12-22-23(13-17)33-16-32-22)24(30)28(25(31)27-26)15-21(29)20-10-8-19(9-11-20)18-5-3-2-4-6-18/h2-13H,14-16H2,1H3,(H,27,31). The highest BCUT2D eigenvalue weighted by molar-refractivity contribution is 6.11. The number of amides is 3. The van der Waals surface area contributed by atoms with Gasteiger partial charge in [0, 0.05) is 12.0 Å². The number of nitrogens with one attached hydrogen (secondary N) is 1. The number of carbonyl (C=O) groups is 3. The first-order chi connectivity index (χ1) is 15.9. The van der Waals surface area contributed by atoms with E-state index in [1.807, 2.05) is 48.5 Å². The summed E-state index contributed by atoms with van der Waals surface area (Å²) in [5, 5.41) is 2.75. The quantitative estimate of drug-likeness (QED) is 0.463. The molecule has 0 spiro atoms. The van der Waals surface area contributed by atoms with Crippen molar-refractivity contribution < 1.29 is 23.9 Å². The Labute approximate surface area is 190 Å². The van der Waals surface area contributed by atoms with Gasteiger partial charge in [-0.25, -0.2) is 4.79 Å². The van der Waals surface area contributed by atoms with E-state index in [1.54, 1.807) is 31.2 Å². The summed E-state index contributed by atoms with van der Waals surface area (Å²) in [5.41, 5.74) is 2.14. The Morgan fingerprint density at radius 2 is 1.64 bits per heavy atom. The van der Waals surface area contributed by atoms with Gasteiger partial charge in [-0.3, -0.25) is 14.5 Å². The summed E-state index contributed by atoms with van der Waals surface area (Å²) in [6.45, 7) is 1.51. The summed E-state index contributed by atoms with van der Waals surface area (Å²) in [7, 11) is 0. The molecule has 33 heavy (non-hydrogen) atoms. The molecule has 0 radical (unpaired) electrons. The summed E-state index contributed by atoms with van der Waals surface area (Å²) in [4.78, 5) is 39.5. The second-order valence-electron chi connectivity index (χ2n) is 8.38. The average molecular weight is 442 g/mol. The molecule has 2 aliphatic rings. The molecule has 2 aliphatic heterocycles. The lowest BCUT2D eigenvalue weighted by atomic mass is 9.92. The third-order valence-corrected chi connectivity index (χ3v) is 5.96. The summed E-state index contributed by atoms with van der Waals surface area (Å²) in [5.74, 6) is 0.528. The highest BCUT2D eigenvalue weighted by Gasteiger charge is 2.48. The van der Waals surface area contributed by atoms with Gasteiger partial charge >= 0.3 is 6.03 Å². The van der Waals surface area contributed by atoms with E-state index in [0.29, 0.717) is 17.1 Å². The Kier molecular flexibility index (Phi) is 5.09. The molecule has 3 amide bonds. The molecule has 3 aromatic rings. The summed E-state index contributed by atoms with van der Waals surface area (Å²) < 4.78 is 10.7. The predicted molar refractivity (Wildman–Crippen MR) is 121 cm³/mol. The minimum Gasteiger partial charge on any atom is -0.454 e. The number of imide groups is 1. The van der Waals surface area contributed by atoms with Crippen molar-refractivity contribution in [2.75, 3.05) is 13.3 Å². The second-order valence-corrected chi connectivity index (χ2v) is 8.38. The monoisotopic (exact) mass is 442 g/mol. The number of hydrogen-bond acceptors (Lipinski definition) is 5. The van der Waals surface area contributed by atoms with Crippen LogP contribution in [-0.2, 0) is 11.2 Å². The average Bonchev–Trinajstić information content (AvgIpc) is 3.37. The second kappa shape index (κ2) is 8.09. The van der Waals surface area contributed by atoms with Crippen molar-refractivity contribution in [1.82, 2.24) is 10.2 Å². The fourth-order valence-corrected chi connectivity index (χ4v) is 4.18. The van der Waals surface area contributed by atoms with Gasteiger partial charge in [0.25, 0.3) is 5.91 Å². The first-order valence-corrected chi connectivity index (χ1v) is 10.6. The van der Waals surface area contributed by atoms with E-state index in [-0.39, 0.29) is 25.5 Å². The number of benzene rings is 3. The predicted octanol–water partition coefficient (Wildman–Crippen LogP) is 3.82. The van der Waals surface area contributed by atoms with Crippen LogP contribution >= 0.6 is 0 Å². The first-order valence-electron chi connectivity index (χ1n) is 10.6. The number of carbonyl (C=O) groups excluding carboxylic acids is 3. The number of urea groups is 1. The van der Waals surface area contributed by atoms with Gasteiger partial charge in [0.2, 0.25) is 6.79 Å². The number of nitrogens with zero attached hydrogens (tertiary/aromatic N) is 1. The number of Topliss-reactive ketones (excluding diaryl/α,β-unsaturated/α-hetero) is 1. The molecule has 1 unspecified atom stereocenters. The minimum atomic E-state index is -1.15. The van der Waals surface area contributed by atoms with Crippen LogP contribution in [0.1, 0.15) is 22.8 Å². The zero-order valence-electron chi connectivity index (χ0n) is 18.0. The van der Waals surface area contributed by atoms with Crippen LogP contribution in [0.2, 0.25) is 0 Å². The van der Waals surface area contributed by atoms with E-state index in [1.165, 1.54) is 0 Å². The lowest BCUT2D eigenvalue weighted by Gasteiger charge is -2.21. The van der Waals surface area contributed by atoms with Gasteiger partial charge in [-0.1, -0.05) is 60.7 Å². The van der Waals surface area contributed by atoms with E-state index < -0.39 is 17.5 Å². The third kappa shape index (κ3) is 3.93. The van der Waals surface area contributed by atoms with Gasteiger partial charge in [0.05, 0.1) is 6.54 Å². The van der Waals surface area contributed by atoms with Crippen LogP contribution in [0.5, 0.6) is 11.5 Å². The van der Waals surface area contributed by atoms with Crippen LogP contribution in [0.4, 0.5) is 4.79 Å². The van der Waals surface area contributed by atoms with Crippen LogP contribution in [0.25, 0.3) is 11.1 Å². The number of ether oxygens (including phenoxy) is 2. The number of hydrogen-bond donors (Lipinski definition) is 1. The summed E-state index contributed by atoms with van der Waals surface area (Å²) in [6.07, 6.45) is 0.269. The van der Waals surface area contributed by atoms with Crippen molar-refractivity contribution in [2.24, 2.45) is 0 Å². The zero-order chi connectivity index (χ0) is 23.0. The molecule has 1 N–H and O–H groups in total. The van der Waals surface area contributed by atoms with Crippen molar-refractivity contribution in [1.29, 1.82) is 0 Å². The molecule has 1 fully saturated rings. The molecule has 0 bridgehead atoms. The van der Waals surface area contributed by atoms with Crippen molar-refractivity contribution in [3.8, 4) is 22.6 Å². The molecular formula is C26H22N2O5. The van der Waals surface area contributed by atoms with Gasteiger partial charge in [0.1, 0.15) is 5.54 Å². The molecule has 2 heterocycles. The highest BCUT2D eigenvalue weighted by atomic mass is 16.7. The molecule has 0 saturated carbocycles. The van der Waals surface area contributed by atoms with Crippen LogP contribution in [0.15, 0.2) is 72.8 Å². The van der Waals surface area contributed by atoms with Crippen LogP contribution in [0.3, 0.4) is 0 Å². The van der Waals surface area contributed by atoms with Crippen LogP contribution in [0, 0.1) is 0 Å². The molecule has 7 heteroatoms. The minimum absolute atomic E-state index is 0.161. The van der Waals surface area contributed by atoms with E-state index in [2.05, 4.69) is 5.32 Å². The molecule has 3 aromatic carbocycles. The lowest BCUT2D eigenvalue weighted by molar-refractivity contribution is -0.130. The van der Waals surface area contributed by atoms with Gasteiger partial charge < -0.3 is 14.8 Å². The first kappa shape index (κ1) is 20.8. The molecule has 1 atom stereocenters. The SMILES string of the molecule is CC1(Cc2ccc3c(c2)OCO3)NC(=O)N(CC(=O)c2ccc(-c3ccccc3)cc2)C1=O. The molecule has 0 aromatic heterocycles. The van der Waals surface area contributed by atoms with Crippen molar-refractivity contribution >= 4 is 17.7 Å². The normalized spacial score (nSPS) is 19.0. The topological polar surface area (TPSA) is 84.9 Å². The van der Waals surface area contributed by atoms with Crippen molar-refractivity contribution in [3.63, 3.8) is 0 Å². The molecule has 0 aliphatic carbocycles. The highest BCUT2D eigenvalue weighted by Crippen LogP contribution is 2.34. The number of ketones is 1. The van der Waals surface area contributed by atoms with E-state index >= 15 is 0 Å². The van der Waals surface area contributed by atoms with Gasteiger partial charge in [-0.15, -0.1) is 0 Å². The van der Waals surface area contributed by atoms with E-state index in [4.69, 9.17) is 9.47 Å². The van der Waals surface area contributed by atoms with Crippen LogP contribution < -0.4 is 14.8 Å². The van der Waals surface area contributed by atoms with Crippen LogP contribution in [-0.4, -0.2) is 41.5 Å². The molecule has 1 saturated heterocycles. The molecule has 7 nitrogen and oxygen atoms in total. The maximum atomic E-state index is 13.1. The van der Waals surface area contributed by atoms with Gasteiger partial charge in [0.15, 0.2) is 17.3 Å². The lowest BCUT2D eigenvalue weighted by Crippen LogP contribution is -2.46. The molecule has 166 valence electrons. The van der Waals surface area contributed by atoms with Gasteiger partial charge in [-0.05, 0) is 35.7 Å². The maximum Gasteiger partial charge on any atom is 0.325 e. The Morgan fingerprint density at radius 1 is 0.939 bits per heavy atom. The maximum absolute atomic E-state index is 13.1. The Balaban J connectivity index is 1.28.